The molecule has 0 atom stereocenters. The van der Waals surface area contributed by atoms with E-state index in [1.807, 2.05) is 18.0 Å². The fraction of sp³-hybridized carbons (Fsp3) is 0.350. The smallest absolute Gasteiger partial charge is 0.278 e. The Labute approximate surface area is 163 Å². The molecule has 0 radical (unpaired) electrons. The van der Waals surface area contributed by atoms with Crippen molar-refractivity contribution in [3.63, 3.8) is 0 Å². The monoisotopic (exact) mass is 404 g/mol. The van der Waals surface area contributed by atoms with Gasteiger partial charge in [0.2, 0.25) is 0 Å². The van der Waals surface area contributed by atoms with Crippen molar-refractivity contribution in [3.8, 4) is 0 Å². The van der Waals surface area contributed by atoms with Crippen LogP contribution in [0.4, 0.5) is 13.2 Å². The molecule has 0 unspecified atom stereocenters. The minimum absolute atomic E-state index is 0.0840. The number of aromatic amines is 2. The molecule has 3 aromatic rings. The highest BCUT2D eigenvalue weighted by atomic mass is 19.3. The summed E-state index contributed by atoms with van der Waals surface area (Å²) in [6.07, 6.45) is -0.556. The summed E-state index contributed by atoms with van der Waals surface area (Å²) in [7, 11) is 0. The third kappa shape index (κ3) is 3.52. The van der Waals surface area contributed by atoms with Crippen molar-refractivity contribution in [2.75, 3.05) is 13.1 Å². The van der Waals surface area contributed by atoms with Gasteiger partial charge >= 0.3 is 0 Å². The summed E-state index contributed by atoms with van der Waals surface area (Å²) in [4.78, 5) is 35.4. The van der Waals surface area contributed by atoms with Gasteiger partial charge < -0.3 is 14.9 Å². The van der Waals surface area contributed by atoms with Gasteiger partial charge in [-0.2, -0.15) is 0 Å². The van der Waals surface area contributed by atoms with Crippen molar-refractivity contribution in [1.29, 1.82) is 0 Å². The SMILES string of the molecule is Cc1cc2c(C3CCN(C(=O)c4ccc(C(F)F)[nH]c4=O)CC3)c(F)cnc2[nH]1. The number of hydrogen-bond donors (Lipinski definition) is 2. The molecule has 0 aromatic carbocycles. The van der Waals surface area contributed by atoms with Gasteiger partial charge in [-0.3, -0.25) is 9.59 Å². The predicted octanol–water partition coefficient (Wildman–Crippen LogP) is 3.66. The lowest BCUT2D eigenvalue weighted by atomic mass is 9.87. The number of alkyl halides is 2. The van der Waals surface area contributed by atoms with E-state index in [0.29, 0.717) is 37.1 Å². The fourth-order valence-corrected chi connectivity index (χ4v) is 3.94. The first-order chi connectivity index (χ1) is 13.8. The highest BCUT2D eigenvalue weighted by molar-refractivity contribution is 5.94. The van der Waals surface area contributed by atoms with Crippen LogP contribution in [0.15, 0.2) is 29.2 Å². The number of carbonyl (C=O) groups is 1. The maximum Gasteiger partial charge on any atom is 0.278 e. The van der Waals surface area contributed by atoms with Gasteiger partial charge in [0.05, 0.1) is 11.9 Å². The molecule has 0 bridgehead atoms. The van der Waals surface area contributed by atoms with E-state index in [2.05, 4.69) is 9.97 Å². The second-order valence-corrected chi connectivity index (χ2v) is 7.26. The largest absolute Gasteiger partial charge is 0.344 e. The van der Waals surface area contributed by atoms with Gasteiger partial charge in [-0.1, -0.05) is 0 Å². The van der Waals surface area contributed by atoms with Gasteiger partial charge in [0.15, 0.2) is 0 Å². The highest BCUT2D eigenvalue weighted by Gasteiger charge is 2.29. The number of nitrogens with one attached hydrogen (secondary N) is 2. The standard InChI is InChI=1S/C20H19F3N4O2/c1-10-8-13-16(14(21)9-24-18(13)25-10)11-4-6-27(7-5-11)20(29)12-2-3-15(17(22)23)26-19(12)28/h2-3,8-9,11,17H,4-7H2,1H3,(H,24,25)(H,26,28). The molecule has 1 aliphatic rings. The summed E-state index contributed by atoms with van der Waals surface area (Å²) in [6, 6.07) is 4.04. The molecule has 1 amide bonds. The Morgan fingerprint density at radius 2 is 1.97 bits per heavy atom. The van der Waals surface area contributed by atoms with E-state index in [-0.39, 0.29) is 17.3 Å². The molecular weight excluding hydrogens is 385 g/mol. The van der Waals surface area contributed by atoms with E-state index in [4.69, 9.17) is 0 Å². The summed E-state index contributed by atoms with van der Waals surface area (Å²) >= 11 is 0. The lowest BCUT2D eigenvalue weighted by molar-refractivity contribution is 0.0710. The van der Waals surface area contributed by atoms with Crippen molar-refractivity contribution >= 4 is 16.9 Å². The molecule has 29 heavy (non-hydrogen) atoms. The van der Waals surface area contributed by atoms with Crippen molar-refractivity contribution in [2.24, 2.45) is 0 Å². The zero-order valence-electron chi connectivity index (χ0n) is 15.6. The van der Waals surface area contributed by atoms with Crippen molar-refractivity contribution in [2.45, 2.75) is 32.1 Å². The molecule has 2 N–H and O–H groups in total. The molecule has 1 fully saturated rings. The Morgan fingerprint density at radius 3 is 2.62 bits per heavy atom. The molecule has 0 aliphatic carbocycles. The quantitative estimate of drug-likeness (QED) is 0.699. The second-order valence-electron chi connectivity index (χ2n) is 7.26. The van der Waals surface area contributed by atoms with E-state index in [1.165, 1.54) is 11.1 Å². The number of H-pyrrole nitrogens is 2. The number of carbonyl (C=O) groups excluding carboxylic acids is 1. The topological polar surface area (TPSA) is 81.8 Å². The number of fused-ring (bicyclic) bond motifs is 1. The van der Waals surface area contributed by atoms with Crippen LogP contribution < -0.4 is 5.56 Å². The van der Waals surface area contributed by atoms with Crippen LogP contribution in [0.3, 0.4) is 0 Å². The van der Waals surface area contributed by atoms with Crippen LogP contribution in [0, 0.1) is 12.7 Å². The van der Waals surface area contributed by atoms with Gasteiger partial charge in [-0.25, -0.2) is 18.2 Å². The summed E-state index contributed by atoms with van der Waals surface area (Å²) in [5.74, 6) is -0.970. The van der Waals surface area contributed by atoms with E-state index in [1.54, 1.807) is 0 Å². The van der Waals surface area contributed by atoms with Gasteiger partial charge in [0.25, 0.3) is 17.9 Å². The molecular formula is C20H19F3N4O2. The zero-order chi connectivity index (χ0) is 20.7. The minimum atomic E-state index is -2.81. The Balaban J connectivity index is 1.52. The maximum absolute atomic E-state index is 14.5. The average molecular weight is 404 g/mol. The van der Waals surface area contributed by atoms with Crippen LogP contribution in [0.1, 0.15) is 52.5 Å². The molecule has 0 saturated carbocycles. The van der Waals surface area contributed by atoms with Crippen molar-refractivity contribution in [3.05, 3.63) is 63.1 Å². The van der Waals surface area contributed by atoms with E-state index < -0.39 is 23.6 Å². The summed E-state index contributed by atoms with van der Waals surface area (Å²) in [5, 5.41) is 0.742. The number of aromatic nitrogens is 3. The van der Waals surface area contributed by atoms with Crippen LogP contribution in [-0.4, -0.2) is 38.8 Å². The van der Waals surface area contributed by atoms with E-state index >= 15 is 0 Å². The molecule has 1 saturated heterocycles. The first kappa shape index (κ1) is 19.2. The molecule has 3 aromatic heterocycles. The molecule has 0 spiro atoms. The first-order valence-corrected chi connectivity index (χ1v) is 9.29. The average Bonchev–Trinajstić information content (AvgIpc) is 3.07. The lowest BCUT2D eigenvalue weighted by Crippen LogP contribution is -2.40. The van der Waals surface area contributed by atoms with Crippen LogP contribution >= 0.6 is 0 Å². The second kappa shape index (κ2) is 7.38. The number of hydrogen-bond acceptors (Lipinski definition) is 3. The molecule has 4 rings (SSSR count). The number of aryl methyl sites for hydroxylation is 1. The number of rotatable bonds is 3. The molecule has 9 heteroatoms. The summed E-state index contributed by atoms with van der Waals surface area (Å²) in [6.45, 7) is 2.56. The Bertz CT molecular complexity index is 1130. The predicted molar refractivity (Wildman–Crippen MR) is 101 cm³/mol. The van der Waals surface area contributed by atoms with Crippen LogP contribution in [0.5, 0.6) is 0 Å². The normalized spacial score (nSPS) is 15.4. The number of likely N-dealkylation sites (tertiary alicyclic amines) is 1. The minimum Gasteiger partial charge on any atom is -0.344 e. The van der Waals surface area contributed by atoms with Crippen molar-refractivity contribution in [1.82, 2.24) is 19.9 Å². The molecule has 1 aliphatic heterocycles. The molecule has 152 valence electrons. The highest BCUT2D eigenvalue weighted by Crippen LogP contribution is 2.35. The Morgan fingerprint density at radius 1 is 1.24 bits per heavy atom. The van der Waals surface area contributed by atoms with Crippen LogP contribution in [0.25, 0.3) is 11.0 Å². The molecule has 6 nitrogen and oxygen atoms in total. The number of halogens is 3. The first-order valence-electron chi connectivity index (χ1n) is 9.29. The van der Waals surface area contributed by atoms with Gasteiger partial charge in [-0.05, 0) is 43.9 Å². The lowest BCUT2D eigenvalue weighted by Gasteiger charge is -2.32. The van der Waals surface area contributed by atoms with Gasteiger partial charge in [0, 0.05) is 29.7 Å². The zero-order valence-corrected chi connectivity index (χ0v) is 15.6. The Hall–Kier alpha value is -3.10. The number of pyridine rings is 2. The number of nitrogens with zero attached hydrogens (tertiary/aromatic N) is 2. The third-order valence-corrected chi connectivity index (χ3v) is 5.37. The molecule has 4 heterocycles. The number of piperidine rings is 1. The Kier molecular flexibility index (Phi) is 4.89. The maximum atomic E-state index is 14.5. The van der Waals surface area contributed by atoms with Gasteiger partial charge in [-0.15, -0.1) is 0 Å². The van der Waals surface area contributed by atoms with E-state index in [0.717, 1.165) is 23.2 Å². The summed E-state index contributed by atoms with van der Waals surface area (Å²) in [5.41, 5.74) is 0.572. The van der Waals surface area contributed by atoms with Crippen LogP contribution in [-0.2, 0) is 0 Å². The third-order valence-electron chi connectivity index (χ3n) is 5.37. The van der Waals surface area contributed by atoms with Crippen LogP contribution in [0.2, 0.25) is 0 Å². The number of amides is 1. The van der Waals surface area contributed by atoms with Crippen molar-refractivity contribution < 1.29 is 18.0 Å². The summed E-state index contributed by atoms with van der Waals surface area (Å²) < 4.78 is 39.9. The van der Waals surface area contributed by atoms with Gasteiger partial charge in [0.1, 0.15) is 17.0 Å². The fourth-order valence-electron chi connectivity index (χ4n) is 3.94. The van der Waals surface area contributed by atoms with E-state index in [9.17, 15) is 22.8 Å².